The predicted molar refractivity (Wildman–Crippen MR) is 64.5 cm³/mol. The minimum atomic E-state index is 0.344. The highest BCUT2D eigenvalue weighted by Gasteiger charge is 2.26. The van der Waals surface area contributed by atoms with E-state index in [-0.39, 0.29) is 0 Å². The van der Waals surface area contributed by atoms with Crippen molar-refractivity contribution in [3.8, 4) is 0 Å². The minimum absolute atomic E-state index is 0.344. The van der Waals surface area contributed by atoms with Crippen LogP contribution >= 0.6 is 0 Å². The summed E-state index contributed by atoms with van der Waals surface area (Å²) in [5, 5.41) is 8.90. The van der Waals surface area contributed by atoms with E-state index in [2.05, 4.69) is 4.90 Å². The number of likely N-dealkylation sites (tertiary alicyclic amines) is 1. The van der Waals surface area contributed by atoms with Gasteiger partial charge in [-0.2, -0.15) is 0 Å². The average Bonchev–Trinajstić information content (AvgIpc) is 2.75. The zero-order valence-corrected chi connectivity index (χ0v) is 10.2. The summed E-state index contributed by atoms with van der Waals surface area (Å²) >= 11 is 0. The lowest BCUT2D eigenvalue weighted by Crippen LogP contribution is -2.36. The van der Waals surface area contributed by atoms with Crippen molar-refractivity contribution >= 4 is 0 Å². The Morgan fingerprint density at radius 2 is 2.19 bits per heavy atom. The zero-order chi connectivity index (χ0) is 11.2. The first kappa shape index (κ1) is 12.3. The summed E-state index contributed by atoms with van der Waals surface area (Å²) < 4.78 is 5.54. The lowest BCUT2D eigenvalue weighted by atomic mass is 10.0. The van der Waals surface area contributed by atoms with Gasteiger partial charge in [-0.3, -0.25) is 0 Å². The quantitative estimate of drug-likeness (QED) is 0.775. The maximum Gasteiger partial charge on any atom is 0.0506 e. The normalized spacial score (nSPS) is 32.1. The third-order valence-electron chi connectivity index (χ3n) is 3.94. The van der Waals surface area contributed by atoms with Crippen molar-refractivity contribution in [3.63, 3.8) is 0 Å². The van der Waals surface area contributed by atoms with Gasteiger partial charge >= 0.3 is 0 Å². The molecule has 3 heteroatoms. The second kappa shape index (κ2) is 6.58. The first-order chi connectivity index (χ1) is 7.90. The molecule has 0 aromatic carbocycles. The van der Waals surface area contributed by atoms with Gasteiger partial charge in [-0.05, 0) is 51.0 Å². The van der Waals surface area contributed by atoms with Crippen molar-refractivity contribution in [3.05, 3.63) is 0 Å². The van der Waals surface area contributed by atoms with Crippen LogP contribution in [0.1, 0.15) is 38.5 Å². The molecule has 2 atom stereocenters. The minimum Gasteiger partial charge on any atom is -0.396 e. The van der Waals surface area contributed by atoms with Crippen LogP contribution in [0.25, 0.3) is 0 Å². The molecule has 0 aromatic heterocycles. The van der Waals surface area contributed by atoms with E-state index in [1.807, 2.05) is 0 Å². The van der Waals surface area contributed by atoms with Gasteiger partial charge in [0.25, 0.3) is 0 Å². The van der Waals surface area contributed by atoms with Gasteiger partial charge in [0.1, 0.15) is 0 Å². The summed E-state index contributed by atoms with van der Waals surface area (Å²) in [6.07, 6.45) is 7.37. The van der Waals surface area contributed by atoms with Crippen LogP contribution in [0.4, 0.5) is 0 Å². The fourth-order valence-electron chi connectivity index (χ4n) is 3.07. The summed E-state index contributed by atoms with van der Waals surface area (Å²) in [5.74, 6) is 0.753. The third kappa shape index (κ3) is 3.44. The van der Waals surface area contributed by atoms with Crippen molar-refractivity contribution in [2.75, 3.05) is 32.9 Å². The molecule has 0 spiro atoms. The molecule has 2 unspecified atom stereocenters. The maximum atomic E-state index is 8.90. The van der Waals surface area contributed by atoms with E-state index < -0.39 is 0 Å². The number of aliphatic hydroxyl groups is 1. The topological polar surface area (TPSA) is 32.7 Å². The maximum absolute atomic E-state index is 8.90. The van der Waals surface area contributed by atoms with Gasteiger partial charge in [-0.15, -0.1) is 0 Å². The zero-order valence-electron chi connectivity index (χ0n) is 10.2. The molecule has 2 fully saturated rings. The van der Waals surface area contributed by atoms with Crippen molar-refractivity contribution in [2.45, 2.75) is 44.6 Å². The number of ether oxygens (including phenoxy) is 1. The Labute approximate surface area is 98.8 Å². The van der Waals surface area contributed by atoms with Gasteiger partial charge in [0.2, 0.25) is 0 Å². The Balaban J connectivity index is 1.73. The molecule has 2 heterocycles. The summed E-state index contributed by atoms with van der Waals surface area (Å²) in [5.41, 5.74) is 0. The Morgan fingerprint density at radius 1 is 1.25 bits per heavy atom. The Bertz CT molecular complexity index is 192. The molecule has 0 saturated carbocycles. The number of hydrogen-bond donors (Lipinski definition) is 1. The van der Waals surface area contributed by atoms with Crippen LogP contribution in [0, 0.1) is 5.92 Å². The standard InChI is InChI=1S/C13H25NO2/c15-8-2-6-13-5-1-7-14(13)10-12-4-3-9-16-11-12/h12-13,15H,1-11H2. The molecule has 0 bridgehead atoms. The van der Waals surface area contributed by atoms with Gasteiger partial charge in [0.15, 0.2) is 0 Å². The monoisotopic (exact) mass is 227 g/mol. The second-order valence-corrected chi connectivity index (χ2v) is 5.24. The number of aliphatic hydroxyl groups excluding tert-OH is 1. The summed E-state index contributed by atoms with van der Waals surface area (Å²) in [6, 6.07) is 0.731. The molecule has 2 aliphatic rings. The molecule has 16 heavy (non-hydrogen) atoms. The first-order valence-corrected chi connectivity index (χ1v) is 6.83. The lowest BCUT2D eigenvalue weighted by molar-refractivity contribution is 0.0356. The van der Waals surface area contributed by atoms with E-state index in [0.29, 0.717) is 6.61 Å². The smallest absolute Gasteiger partial charge is 0.0506 e. The molecule has 3 nitrogen and oxygen atoms in total. The van der Waals surface area contributed by atoms with Crippen LogP contribution < -0.4 is 0 Å². The van der Waals surface area contributed by atoms with Crippen molar-refractivity contribution in [2.24, 2.45) is 5.92 Å². The number of nitrogens with zero attached hydrogens (tertiary/aromatic N) is 1. The highest BCUT2D eigenvalue weighted by molar-refractivity contribution is 4.81. The van der Waals surface area contributed by atoms with E-state index in [1.54, 1.807) is 0 Å². The second-order valence-electron chi connectivity index (χ2n) is 5.24. The van der Waals surface area contributed by atoms with Gasteiger partial charge in [-0.1, -0.05) is 0 Å². The van der Waals surface area contributed by atoms with Crippen LogP contribution in [0.3, 0.4) is 0 Å². The summed E-state index contributed by atoms with van der Waals surface area (Å²) in [7, 11) is 0. The molecule has 0 aromatic rings. The molecule has 94 valence electrons. The van der Waals surface area contributed by atoms with Crippen LogP contribution in [-0.2, 0) is 4.74 Å². The third-order valence-corrected chi connectivity index (χ3v) is 3.94. The van der Waals surface area contributed by atoms with Crippen LogP contribution in [0.5, 0.6) is 0 Å². The van der Waals surface area contributed by atoms with Gasteiger partial charge in [0, 0.05) is 25.8 Å². The summed E-state index contributed by atoms with van der Waals surface area (Å²) in [6.45, 7) is 4.74. The molecule has 1 N–H and O–H groups in total. The predicted octanol–water partition coefficient (Wildman–Crippen LogP) is 1.65. The summed E-state index contributed by atoms with van der Waals surface area (Å²) in [4.78, 5) is 2.63. The highest BCUT2D eigenvalue weighted by Crippen LogP contribution is 2.24. The number of rotatable bonds is 5. The van der Waals surface area contributed by atoms with E-state index in [9.17, 15) is 0 Å². The first-order valence-electron chi connectivity index (χ1n) is 6.83. The fourth-order valence-corrected chi connectivity index (χ4v) is 3.07. The molecule has 2 saturated heterocycles. The van der Waals surface area contributed by atoms with Crippen LogP contribution in [0.2, 0.25) is 0 Å². The van der Waals surface area contributed by atoms with Crippen LogP contribution in [0.15, 0.2) is 0 Å². The van der Waals surface area contributed by atoms with E-state index >= 15 is 0 Å². The molecule has 0 aliphatic carbocycles. The lowest BCUT2D eigenvalue weighted by Gasteiger charge is -2.30. The van der Waals surface area contributed by atoms with Crippen molar-refractivity contribution in [1.82, 2.24) is 4.90 Å². The molecular formula is C13H25NO2. The SMILES string of the molecule is OCCCC1CCCN1CC1CCCOC1. The molecule has 2 rings (SSSR count). The fraction of sp³-hybridized carbons (Fsp3) is 1.00. The average molecular weight is 227 g/mol. The van der Waals surface area contributed by atoms with Gasteiger partial charge in [-0.25, -0.2) is 0 Å². The Hall–Kier alpha value is -0.120. The molecule has 2 aliphatic heterocycles. The molecular weight excluding hydrogens is 202 g/mol. The van der Waals surface area contributed by atoms with Crippen molar-refractivity contribution < 1.29 is 9.84 Å². The van der Waals surface area contributed by atoms with Crippen molar-refractivity contribution in [1.29, 1.82) is 0 Å². The molecule has 0 radical (unpaired) electrons. The molecule has 0 amide bonds. The van der Waals surface area contributed by atoms with Gasteiger partial charge < -0.3 is 14.7 Å². The van der Waals surface area contributed by atoms with E-state index in [1.165, 1.54) is 45.2 Å². The Morgan fingerprint density at radius 3 is 2.94 bits per heavy atom. The Kier molecular flexibility index (Phi) is 5.07. The number of hydrogen-bond acceptors (Lipinski definition) is 3. The van der Waals surface area contributed by atoms with Gasteiger partial charge in [0.05, 0.1) is 6.61 Å². The largest absolute Gasteiger partial charge is 0.396 e. The van der Waals surface area contributed by atoms with Crippen LogP contribution in [-0.4, -0.2) is 49.0 Å². The highest BCUT2D eigenvalue weighted by atomic mass is 16.5. The van der Waals surface area contributed by atoms with E-state index in [0.717, 1.165) is 31.6 Å². The van der Waals surface area contributed by atoms with E-state index in [4.69, 9.17) is 9.84 Å².